The Morgan fingerprint density at radius 2 is 2.18 bits per heavy atom. The minimum atomic E-state index is -0.613. The van der Waals surface area contributed by atoms with Crippen molar-refractivity contribution in [1.82, 2.24) is 9.88 Å². The highest BCUT2D eigenvalue weighted by Gasteiger charge is 2.20. The third-order valence-electron chi connectivity index (χ3n) is 2.44. The van der Waals surface area contributed by atoms with Gasteiger partial charge in [-0.05, 0) is 13.8 Å². The van der Waals surface area contributed by atoms with Crippen molar-refractivity contribution in [2.24, 2.45) is 0 Å². The minimum absolute atomic E-state index is 0.00639. The zero-order valence-corrected chi connectivity index (χ0v) is 9.88. The third-order valence-corrected chi connectivity index (χ3v) is 2.44. The van der Waals surface area contributed by atoms with E-state index in [0.717, 1.165) is 12.3 Å². The predicted molar refractivity (Wildman–Crippen MR) is 62.5 cm³/mol. The molecule has 7 heteroatoms. The van der Waals surface area contributed by atoms with Gasteiger partial charge in [-0.3, -0.25) is 14.9 Å². The molecule has 1 rings (SSSR count). The minimum Gasteiger partial charge on any atom is -0.383 e. The molecule has 0 bridgehead atoms. The average Bonchev–Trinajstić information content (AvgIpc) is 2.27. The Bertz CT molecular complexity index is 459. The summed E-state index contributed by atoms with van der Waals surface area (Å²) in [5.41, 5.74) is 5.35. The number of carbonyl (C=O) groups is 1. The van der Waals surface area contributed by atoms with Crippen LogP contribution in [0.3, 0.4) is 0 Å². The lowest BCUT2D eigenvalue weighted by atomic mass is 10.2. The van der Waals surface area contributed by atoms with Crippen molar-refractivity contribution >= 4 is 17.4 Å². The highest BCUT2D eigenvalue weighted by Crippen LogP contribution is 2.18. The standard InChI is InChI=1S/C10H14N4O3/c1-6(2)13(3)10(15)8-4-7(14(16)17)5-12-9(8)11/h4-6H,1-3H3,(H2,11,12). The van der Waals surface area contributed by atoms with E-state index >= 15 is 0 Å². The van der Waals surface area contributed by atoms with Crippen molar-refractivity contribution in [3.8, 4) is 0 Å². The second-order valence-electron chi connectivity index (χ2n) is 3.89. The van der Waals surface area contributed by atoms with Gasteiger partial charge in [0.1, 0.15) is 12.0 Å². The Morgan fingerprint density at radius 1 is 1.59 bits per heavy atom. The van der Waals surface area contributed by atoms with Gasteiger partial charge in [-0.15, -0.1) is 0 Å². The third kappa shape index (κ3) is 2.68. The SMILES string of the molecule is CC(C)N(C)C(=O)c1cc([N+](=O)[O-])cnc1N. The molecule has 0 unspecified atom stereocenters. The number of anilines is 1. The number of rotatable bonds is 3. The molecule has 2 N–H and O–H groups in total. The van der Waals surface area contributed by atoms with Gasteiger partial charge in [-0.1, -0.05) is 0 Å². The second-order valence-corrected chi connectivity index (χ2v) is 3.89. The van der Waals surface area contributed by atoms with Gasteiger partial charge in [-0.25, -0.2) is 4.98 Å². The van der Waals surface area contributed by atoms with E-state index in [2.05, 4.69) is 4.98 Å². The Hall–Kier alpha value is -2.18. The van der Waals surface area contributed by atoms with Gasteiger partial charge < -0.3 is 10.6 Å². The molecule has 0 atom stereocenters. The summed E-state index contributed by atoms with van der Waals surface area (Å²) >= 11 is 0. The number of nitrogen functional groups attached to an aromatic ring is 1. The summed E-state index contributed by atoms with van der Waals surface area (Å²) in [6.07, 6.45) is 1.03. The molecule has 1 heterocycles. The van der Waals surface area contributed by atoms with Crippen LogP contribution in [0.1, 0.15) is 24.2 Å². The van der Waals surface area contributed by atoms with Crippen molar-refractivity contribution in [2.45, 2.75) is 19.9 Å². The van der Waals surface area contributed by atoms with Gasteiger partial charge in [0.25, 0.3) is 11.6 Å². The highest BCUT2D eigenvalue weighted by molar-refractivity contribution is 5.98. The van der Waals surface area contributed by atoms with Gasteiger partial charge in [0.2, 0.25) is 0 Å². The van der Waals surface area contributed by atoms with Crippen LogP contribution in [0.2, 0.25) is 0 Å². The van der Waals surface area contributed by atoms with Gasteiger partial charge in [0, 0.05) is 19.2 Å². The first-order chi connectivity index (χ1) is 7.84. The summed E-state index contributed by atoms with van der Waals surface area (Å²) in [5.74, 6) is -0.387. The van der Waals surface area contributed by atoms with Crippen LogP contribution in [0.25, 0.3) is 0 Å². The fourth-order valence-corrected chi connectivity index (χ4v) is 1.16. The van der Waals surface area contributed by atoms with E-state index in [1.54, 1.807) is 7.05 Å². The number of hydrogen-bond acceptors (Lipinski definition) is 5. The molecule has 0 radical (unpaired) electrons. The van der Waals surface area contributed by atoms with E-state index in [9.17, 15) is 14.9 Å². The topological polar surface area (TPSA) is 102 Å². The van der Waals surface area contributed by atoms with Crippen molar-refractivity contribution in [1.29, 1.82) is 0 Å². The maximum atomic E-state index is 12.0. The fourth-order valence-electron chi connectivity index (χ4n) is 1.16. The lowest BCUT2D eigenvalue weighted by molar-refractivity contribution is -0.385. The van der Waals surface area contributed by atoms with Crippen molar-refractivity contribution in [3.05, 3.63) is 27.9 Å². The van der Waals surface area contributed by atoms with Crippen molar-refractivity contribution in [3.63, 3.8) is 0 Å². The lowest BCUT2D eigenvalue weighted by Crippen LogP contribution is -2.33. The average molecular weight is 238 g/mol. The van der Waals surface area contributed by atoms with Crippen LogP contribution in [-0.2, 0) is 0 Å². The fraction of sp³-hybridized carbons (Fsp3) is 0.400. The van der Waals surface area contributed by atoms with E-state index < -0.39 is 4.92 Å². The Labute approximate surface area is 98.4 Å². The first-order valence-electron chi connectivity index (χ1n) is 5.01. The zero-order chi connectivity index (χ0) is 13.2. The van der Waals surface area contributed by atoms with E-state index in [-0.39, 0.29) is 29.0 Å². The molecule has 0 aliphatic carbocycles. The maximum absolute atomic E-state index is 12.0. The van der Waals surface area contributed by atoms with Crippen LogP contribution in [0.15, 0.2) is 12.3 Å². The van der Waals surface area contributed by atoms with Crippen LogP contribution in [0.4, 0.5) is 11.5 Å². The number of amides is 1. The largest absolute Gasteiger partial charge is 0.383 e. The molecule has 17 heavy (non-hydrogen) atoms. The molecule has 0 spiro atoms. The van der Waals surface area contributed by atoms with Crippen LogP contribution < -0.4 is 5.73 Å². The predicted octanol–water partition coefficient (Wildman–Crippen LogP) is 1.05. The number of nitrogens with two attached hydrogens (primary N) is 1. The van der Waals surface area contributed by atoms with Crippen LogP contribution >= 0.6 is 0 Å². The maximum Gasteiger partial charge on any atom is 0.288 e. The van der Waals surface area contributed by atoms with Gasteiger partial charge >= 0.3 is 0 Å². The second kappa shape index (κ2) is 4.77. The number of hydrogen-bond donors (Lipinski definition) is 1. The van der Waals surface area contributed by atoms with Crippen molar-refractivity contribution in [2.75, 3.05) is 12.8 Å². The summed E-state index contributed by atoms with van der Waals surface area (Å²) in [7, 11) is 1.60. The smallest absolute Gasteiger partial charge is 0.288 e. The molecule has 7 nitrogen and oxygen atoms in total. The number of aromatic nitrogens is 1. The van der Waals surface area contributed by atoms with E-state index in [0.29, 0.717) is 0 Å². The molecular weight excluding hydrogens is 224 g/mol. The summed E-state index contributed by atoms with van der Waals surface area (Å²) in [6.45, 7) is 3.66. The first-order valence-corrected chi connectivity index (χ1v) is 5.01. The zero-order valence-electron chi connectivity index (χ0n) is 9.88. The van der Waals surface area contributed by atoms with Gasteiger partial charge in [0.05, 0.1) is 10.5 Å². The monoisotopic (exact) mass is 238 g/mol. The Kier molecular flexibility index (Phi) is 3.62. The summed E-state index contributed by atoms with van der Waals surface area (Å²) in [4.78, 5) is 27.0. The molecule has 1 aromatic rings. The first kappa shape index (κ1) is 12.9. The Balaban J connectivity index is 3.17. The normalized spacial score (nSPS) is 10.4. The van der Waals surface area contributed by atoms with Crippen LogP contribution in [0, 0.1) is 10.1 Å². The number of nitrogens with zero attached hydrogens (tertiary/aromatic N) is 3. The molecule has 0 fully saturated rings. The highest BCUT2D eigenvalue weighted by atomic mass is 16.6. The van der Waals surface area contributed by atoms with E-state index in [4.69, 9.17) is 5.73 Å². The number of pyridine rings is 1. The lowest BCUT2D eigenvalue weighted by Gasteiger charge is -2.21. The molecule has 0 saturated carbocycles. The summed E-state index contributed by atoms with van der Waals surface area (Å²) in [6, 6.07) is 1.12. The van der Waals surface area contributed by atoms with Gasteiger partial charge in [-0.2, -0.15) is 0 Å². The van der Waals surface area contributed by atoms with E-state index in [1.807, 2.05) is 13.8 Å². The van der Waals surface area contributed by atoms with E-state index in [1.165, 1.54) is 4.90 Å². The molecular formula is C10H14N4O3. The molecule has 1 amide bonds. The number of nitro groups is 1. The molecule has 1 aromatic heterocycles. The summed E-state index contributed by atoms with van der Waals surface area (Å²) in [5, 5.41) is 10.6. The van der Waals surface area contributed by atoms with Crippen LogP contribution in [-0.4, -0.2) is 33.8 Å². The Morgan fingerprint density at radius 3 is 2.65 bits per heavy atom. The molecule has 0 aromatic carbocycles. The quantitative estimate of drug-likeness (QED) is 0.626. The van der Waals surface area contributed by atoms with Gasteiger partial charge in [0.15, 0.2) is 0 Å². The molecule has 0 saturated heterocycles. The number of carbonyl (C=O) groups excluding carboxylic acids is 1. The van der Waals surface area contributed by atoms with Crippen LogP contribution in [0.5, 0.6) is 0 Å². The molecule has 0 aliphatic heterocycles. The summed E-state index contributed by atoms with van der Waals surface area (Å²) < 4.78 is 0. The molecule has 92 valence electrons. The molecule has 0 aliphatic rings. The van der Waals surface area contributed by atoms with Crippen molar-refractivity contribution < 1.29 is 9.72 Å².